The predicted octanol–water partition coefficient (Wildman–Crippen LogP) is 2.93. The Labute approximate surface area is 133 Å². The van der Waals surface area contributed by atoms with Crippen molar-refractivity contribution in [3.05, 3.63) is 52.6 Å². The molecule has 0 spiro atoms. The first-order valence-electron chi connectivity index (χ1n) is 6.34. The van der Waals surface area contributed by atoms with Crippen molar-refractivity contribution in [2.45, 2.75) is 17.9 Å². The Morgan fingerprint density at radius 3 is 2.67 bits per heavy atom. The molecule has 0 aliphatic heterocycles. The minimum Gasteiger partial charge on any atom is -0.313 e. The van der Waals surface area contributed by atoms with Crippen LogP contribution in [-0.4, -0.2) is 20.4 Å². The Bertz CT molecular complexity index is 735. The lowest BCUT2D eigenvalue weighted by molar-refractivity contribution is 0.600. The molecule has 112 valence electrons. The highest BCUT2D eigenvalue weighted by molar-refractivity contribution is 9.10. The molecule has 2 aromatic rings. The normalized spacial score (nSPS) is 12.9. The van der Waals surface area contributed by atoms with E-state index in [4.69, 9.17) is 0 Å². The van der Waals surface area contributed by atoms with Crippen LogP contribution in [0.25, 0.3) is 0 Å². The largest absolute Gasteiger partial charge is 0.313 e. The van der Waals surface area contributed by atoms with E-state index >= 15 is 0 Å². The first-order chi connectivity index (χ1) is 9.94. The van der Waals surface area contributed by atoms with Gasteiger partial charge in [0.05, 0.1) is 9.37 Å². The fraction of sp³-hybridized carbons (Fsp3) is 0.214. The SMILES string of the molecule is CNC(C)c1cccc(S(=O)(=O)Nc2ncccc2Br)c1. The highest BCUT2D eigenvalue weighted by Gasteiger charge is 2.17. The van der Waals surface area contributed by atoms with Crippen molar-refractivity contribution in [3.63, 3.8) is 0 Å². The Hall–Kier alpha value is -1.44. The standard InChI is InChI=1S/C14H16BrN3O2S/c1-10(16-2)11-5-3-6-12(9-11)21(19,20)18-14-13(15)7-4-8-17-14/h3-10,16H,1-2H3,(H,17,18). The Kier molecular flexibility index (Phi) is 4.97. The molecular formula is C14H16BrN3O2S. The zero-order chi connectivity index (χ0) is 15.5. The molecule has 0 amide bonds. The number of hydrogen-bond acceptors (Lipinski definition) is 4. The zero-order valence-corrected chi connectivity index (χ0v) is 14.1. The number of benzene rings is 1. The summed E-state index contributed by atoms with van der Waals surface area (Å²) in [6.45, 7) is 1.97. The number of halogens is 1. The lowest BCUT2D eigenvalue weighted by Crippen LogP contribution is -2.16. The fourth-order valence-corrected chi connectivity index (χ4v) is 3.33. The molecule has 1 aromatic heterocycles. The molecular weight excluding hydrogens is 354 g/mol. The number of hydrogen-bond donors (Lipinski definition) is 2. The van der Waals surface area contributed by atoms with Gasteiger partial charge in [-0.25, -0.2) is 13.4 Å². The zero-order valence-electron chi connectivity index (χ0n) is 11.7. The van der Waals surface area contributed by atoms with E-state index in [1.165, 1.54) is 6.20 Å². The molecule has 0 aliphatic carbocycles. The first-order valence-corrected chi connectivity index (χ1v) is 8.62. The van der Waals surface area contributed by atoms with Crippen LogP contribution in [0, 0.1) is 0 Å². The van der Waals surface area contributed by atoms with Crippen molar-refractivity contribution < 1.29 is 8.42 Å². The smallest absolute Gasteiger partial charge is 0.263 e. The van der Waals surface area contributed by atoms with Crippen LogP contribution < -0.4 is 10.0 Å². The predicted molar refractivity (Wildman–Crippen MR) is 86.7 cm³/mol. The summed E-state index contributed by atoms with van der Waals surface area (Å²) >= 11 is 3.27. The first kappa shape index (κ1) is 15.9. The Morgan fingerprint density at radius 1 is 1.24 bits per heavy atom. The quantitative estimate of drug-likeness (QED) is 0.849. The number of rotatable bonds is 5. The summed E-state index contributed by atoms with van der Waals surface area (Å²) in [5, 5.41) is 3.08. The average Bonchev–Trinajstić information content (AvgIpc) is 2.49. The second-order valence-corrected chi connectivity index (χ2v) is 7.06. The third-order valence-corrected chi connectivity index (χ3v) is 5.07. The van der Waals surface area contributed by atoms with E-state index in [0.29, 0.717) is 4.47 Å². The minimum atomic E-state index is -3.67. The molecule has 21 heavy (non-hydrogen) atoms. The molecule has 1 unspecified atom stereocenters. The van der Waals surface area contributed by atoms with Gasteiger partial charge in [-0.05, 0) is 59.7 Å². The van der Waals surface area contributed by atoms with Gasteiger partial charge in [-0.15, -0.1) is 0 Å². The van der Waals surface area contributed by atoms with E-state index < -0.39 is 10.0 Å². The van der Waals surface area contributed by atoms with Gasteiger partial charge in [0, 0.05) is 12.2 Å². The van der Waals surface area contributed by atoms with E-state index in [9.17, 15) is 8.42 Å². The van der Waals surface area contributed by atoms with E-state index in [2.05, 4.69) is 31.0 Å². The summed E-state index contributed by atoms with van der Waals surface area (Å²) in [6, 6.07) is 10.3. The van der Waals surface area contributed by atoms with Crippen molar-refractivity contribution in [2.75, 3.05) is 11.8 Å². The molecule has 1 heterocycles. The van der Waals surface area contributed by atoms with Gasteiger partial charge in [0.25, 0.3) is 10.0 Å². The molecule has 1 atom stereocenters. The minimum absolute atomic E-state index is 0.0711. The fourth-order valence-electron chi connectivity index (χ4n) is 1.76. The number of sulfonamides is 1. The molecule has 0 bridgehead atoms. The van der Waals surface area contributed by atoms with Crippen LogP contribution in [0.1, 0.15) is 18.5 Å². The molecule has 7 heteroatoms. The maximum absolute atomic E-state index is 12.4. The maximum atomic E-state index is 12.4. The van der Waals surface area contributed by atoms with Gasteiger partial charge in [0.1, 0.15) is 0 Å². The number of pyridine rings is 1. The molecule has 2 N–H and O–H groups in total. The monoisotopic (exact) mass is 369 g/mol. The van der Waals surface area contributed by atoms with Gasteiger partial charge in [0.15, 0.2) is 5.82 Å². The van der Waals surface area contributed by atoms with Crippen LogP contribution in [0.4, 0.5) is 5.82 Å². The molecule has 0 radical (unpaired) electrons. The summed E-state index contributed by atoms with van der Waals surface area (Å²) in [5.74, 6) is 0.268. The molecule has 0 saturated carbocycles. The van der Waals surface area contributed by atoms with Gasteiger partial charge in [-0.2, -0.15) is 0 Å². The van der Waals surface area contributed by atoms with Crippen LogP contribution >= 0.6 is 15.9 Å². The third-order valence-electron chi connectivity index (χ3n) is 3.09. The van der Waals surface area contributed by atoms with Crippen molar-refractivity contribution in [3.8, 4) is 0 Å². The summed E-state index contributed by atoms with van der Waals surface area (Å²) < 4.78 is 27.9. The highest BCUT2D eigenvalue weighted by Crippen LogP contribution is 2.23. The van der Waals surface area contributed by atoms with E-state index in [0.717, 1.165) is 5.56 Å². The topological polar surface area (TPSA) is 71.1 Å². The average molecular weight is 370 g/mol. The van der Waals surface area contributed by atoms with Gasteiger partial charge in [0.2, 0.25) is 0 Å². The molecule has 1 aromatic carbocycles. The molecule has 0 fully saturated rings. The summed E-state index contributed by atoms with van der Waals surface area (Å²) in [4.78, 5) is 4.22. The van der Waals surface area contributed by atoms with Crippen molar-refractivity contribution >= 4 is 31.8 Å². The van der Waals surface area contributed by atoms with Crippen LogP contribution in [0.15, 0.2) is 52.0 Å². The maximum Gasteiger partial charge on any atom is 0.263 e. The summed E-state index contributed by atoms with van der Waals surface area (Å²) in [5.41, 5.74) is 0.903. The third kappa shape index (κ3) is 3.81. The Morgan fingerprint density at radius 2 is 2.00 bits per heavy atom. The van der Waals surface area contributed by atoms with Crippen LogP contribution in [0.5, 0.6) is 0 Å². The van der Waals surface area contributed by atoms with Gasteiger partial charge >= 0.3 is 0 Å². The number of anilines is 1. The van der Waals surface area contributed by atoms with E-state index in [1.807, 2.05) is 20.0 Å². The van der Waals surface area contributed by atoms with Gasteiger partial charge in [-0.3, -0.25) is 4.72 Å². The van der Waals surface area contributed by atoms with Crippen LogP contribution in [0.2, 0.25) is 0 Å². The number of nitrogens with zero attached hydrogens (tertiary/aromatic N) is 1. The van der Waals surface area contributed by atoms with Crippen molar-refractivity contribution in [2.24, 2.45) is 0 Å². The molecule has 2 rings (SSSR count). The number of aromatic nitrogens is 1. The van der Waals surface area contributed by atoms with E-state index in [1.54, 1.807) is 30.3 Å². The summed E-state index contributed by atoms with van der Waals surface area (Å²) in [7, 11) is -1.84. The van der Waals surface area contributed by atoms with Crippen LogP contribution in [0.3, 0.4) is 0 Å². The van der Waals surface area contributed by atoms with Crippen LogP contribution in [-0.2, 0) is 10.0 Å². The number of nitrogens with one attached hydrogen (secondary N) is 2. The van der Waals surface area contributed by atoms with Crippen molar-refractivity contribution in [1.82, 2.24) is 10.3 Å². The lowest BCUT2D eigenvalue weighted by Gasteiger charge is -2.13. The van der Waals surface area contributed by atoms with E-state index in [-0.39, 0.29) is 16.8 Å². The molecule has 0 aliphatic rings. The molecule has 5 nitrogen and oxygen atoms in total. The lowest BCUT2D eigenvalue weighted by atomic mass is 10.1. The second-order valence-electron chi connectivity index (χ2n) is 4.52. The summed E-state index contributed by atoms with van der Waals surface area (Å²) in [6.07, 6.45) is 1.53. The molecule has 0 saturated heterocycles. The highest BCUT2D eigenvalue weighted by atomic mass is 79.9. The van der Waals surface area contributed by atoms with Gasteiger partial charge < -0.3 is 5.32 Å². The Balaban J connectivity index is 2.34. The second kappa shape index (κ2) is 6.55. The van der Waals surface area contributed by atoms with Crippen molar-refractivity contribution in [1.29, 1.82) is 0 Å². The van der Waals surface area contributed by atoms with Gasteiger partial charge in [-0.1, -0.05) is 12.1 Å².